The second-order valence-corrected chi connectivity index (χ2v) is 4.35. The van der Waals surface area contributed by atoms with Crippen LogP contribution in [0, 0.1) is 0 Å². The first-order chi connectivity index (χ1) is 6.89. The SMILES string of the molecule is NS(=O)(=O)c1ccc(/C=C\C(=O)O)cc1. The number of hydrogen-bond acceptors (Lipinski definition) is 3. The van der Waals surface area contributed by atoms with Gasteiger partial charge >= 0.3 is 5.97 Å². The molecule has 0 saturated heterocycles. The molecule has 80 valence electrons. The molecule has 0 atom stereocenters. The minimum Gasteiger partial charge on any atom is -0.478 e. The number of carbonyl (C=O) groups is 1. The lowest BCUT2D eigenvalue weighted by atomic mass is 10.2. The van der Waals surface area contributed by atoms with Crippen molar-refractivity contribution in [1.29, 1.82) is 0 Å². The van der Waals surface area contributed by atoms with Gasteiger partial charge in [0, 0.05) is 6.08 Å². The summed E-state index contributed by atoms with van der Waals surface area (Å²) in [6.45, 7) is 0. The molecule has 6 heteroatoms. The molecule has 0 aliphatic rings. The van der Waals surface area contributed by atoms with Crippen LogP contribution in [0.5, 0.6) is 0 Å². The monoisotopic (exact) mass is 227 g/mol. The number of hydrogen-bond donors (Lipinski definition) is 2. The number of sulfonamides is 1. The van der Waals surface area contributed by atoms with Gasteiger partial charge in [-0.25, -0.2) is 18.4 Å². The molecule has 1 aromatic carbocycles. The smallest absolute Gasteiger partial charge is 0.328 e. The Labute approximate surface area is 86.9 Å². The molecule has 0 aliphatic carbocycles. The molecule has 0 saturated carbocycles. The number of aliphatic carboxylic acids is 1. The number of nitrogens with two attached hydrogens (primary N) is 1. The Morgan fingerprint density at radius 1 is 1.27 bits per heavy atom. The third-order valence-electron chi connectivity index (χ3n) is 1.63. The van der Waals surface area contributed by atoms with Crippen molar-refractivity contribution in [3.05, 3.63) is 35.9 Å². The largest absolute Gasteiger partial charge is 0.478 e. The summed E-state index contributed by atoms with van der Waals surface area (Å²) in [6, 6.07) is 5.58. The molecule has 0 spiro atoms. The second-order valence-electron chi connectivity index (χ2n) is 2.79. The summed E-state index contributed by atoms with van der Waals surface area (Å²) in [5, 5.41) is 13.2. The van der Waals surface area contributed by atoms with Crippen molar-refractivity contribution in [3.63, 3.8) is 0 Å². The molecule has 0 heterocycles. The van der Waals surface area contributed by atoms with E-state index in [2.05, 4.69) is 0 Å². The van der Waals surface area contributed by atoms with Crippen molar-refractivity contribution in [2.45, 2.75) is 4.90 Å². The predicted octanol–water partition coefficient (Wildman–Crippen LogP) is 0.432. The molecule has 5 nitrogen and oxygen atoms in total. The highest BCUT2D eigenvalue weighted by Gasteiger charge is 2.05. The van der Waals surface area contributed by atoms with Gasteiger partial charge in [0.15, 0.2) is 0 Å². The maximum Gasteiger partial charge on any atom is 0.328 e. The standard InChI is InChI=1S/C9H9NO4S/c10-15(13,14)8-4-1-7(2-5-8)3-6-9(11)12/h1-6H,(H,11,12)(H2,10,13,14)/b6-3-. The Kier molecular flexibility index (Phi) is 3.23. The highest BCUT2D eigenvalue weighted by Crippen LogP contribution is 2.09. The van der Waals surface area contributed by atoms with E-state index in [0.29, 0.717) is 5.56 Å². The lowest BCUT2D eigenvalue weighted by Gasteiger charge is -1.97. The summed E-state index contributed by atoms with van der Waals surface area (Å²) in [5.74, 6) is -1.06. The molecule has 0 amide bonds. The van der Waals surface area contributed by atoms with Crippen LogP contribution in [0.15, 0.2) is 35.2 Å². The fraction of sp³-hybridized carbons (Fsp3) is 0. The maximum absolute atomic E-state index is 10.9. The van der Waals surface area contributed by atoms with Gasteiger partial charge in [-0.2, -0.15) is 0 Å². The molecule has 0 radical (unpaired) electrons. The quantitative estimate of drug-likeness (QED) is 0.732. The average Bonchev–Trinajstić information content (AvgIpc) is 2.14. The van der Waals surface area contributed by atoms with Crippen LogP contribution < -0.4 is 5.14 Å². The Balaban J connectivity index is 2.96. The molecule has 0 bridgehead atoms. The van der Waals surface area contributed by atoms with Gasteiger partial charge in [-0.3, -0.25) is 0 Å². The minimum absolute atomic E-state index is 0.00465. The molecule has 1 aromatic rings. The molecule has 0 aromatic heterocycles. The molecular formula is C9H9NO4S. The molecular weight excluding hydrogens is 218 g/mol. The maximum atomic E-state index is 10.9. The molecule has 0 fully saturated rings. The Morgan fingerprint density at radius 3 is 2.20 bits per heavy atom. The van der Waals surface area contributed by atoms with Gasteiger partial charge in [0.25, 0.3) is 0 Å². The highest BCUT2D eigenvalue weighted by atomic mass is 32.2. The zero-order valence-corrected chi connectivity index (χ0v) is 8.44. The Hall–Kier alpha value is -1.66. The van der Waals surface area contributed by atoms with Crippen molar-refractivity contribution in [2.24, 2.45) is 5.14 Å². The Bertz CT molecular complexity index is 487. The summed E-state index contributed by atoms with van der Waals surface area (Å²) in [5.41, 5.74) is 0.588. The summed E-state index contributed by atoms with van der Waals surface area (Å²) >= 11 is 0. The number of primary sulfonamides is 1. The highest BCUT2D eigenvalue weighted by molar-refractivity contribution is 7.89. The van der Waals surface area contributed by atoms with Crippen molar-refractivity contribution < 1.29 is 18.3 Å². The minimum atomic E-state index is -3.69. The average molecular weight is 227 g/mol. The molecule has 3 N–H and O–H groups in total. The Morgan fingerprint density at radius 2 is 1.80 bits per heavy atom. The summed E-state index contributed by atoms with van der Waals surface area (Å²) < 4.78 is 21.8. The van der Waals surface area contributed by atoms with Gasteiger partial charge < -0.3 is 5.11 Å². The number of carboxylic acids is 1. The fourth-order valence-electron chi connectivity index (χ4n) is 0.936. The molecule has 0 unspecified atom stereocenters. The topological polar surface area (TPSA) is 97.5 Å². The van der Waals surface area contributed by atoms with Crippen LogP contribution in [-0.4, -0.2) is 19.5 Å². The van der Waals surface area contributed by atoms with Crippen molar-refractivity contribution in [1.82, 2.24) is 0 Å². The lowest BCUT2D eigenvalue weighted by molar-refractivity contribution is -0.131. The second kappa shape index (κ2) is 4.24. The number of benzene rings is 1. The lowest BCUT2D eigenvalue weighted by Crippen LogP contribution is -2.11. The van der Waals surface area contributed by atoms with E-state index in [4.69, 9.17) is 10.2 Å². The van der Waals surface area contributed by atoms with Crippen LogP contribution in [0.4, 0.5) is 0 Å². The van der Waals surface area contributed by atoms with E-state index in [1.165, 1.54) is 30.3 Å². The van der Waals surface area contributed by atoms with Crippen LogP contribution in [-0.2, 0) is 14.8 Å². The third kappa shape index (κ3) is 3.53. The van der Waals surface area contributed by atoms with Crippen molar-refractivity contribution >= 4 is 22.1 Å². The van der Waals surface area contributed by atoms with Crippen LogP contribution in [0.25, 0.3) is 6.08 Å². The summed E-state index contributed by atoms with van der Waals surface area (Å²) in [7, 11) is -3.69. The zero-order valence-electron chi connectivity index (χ0n) is 7.62. The first-order valence-corrected chi connectivity index (χ1v) is 5.48. The van der Waals surface area contributed by atoms with Gasteiger partial charge in [-0.1, -0.05) is 12.1 Å². The third-order valence-corrected chi connectivity index (χ3v) is 2.56. The van der Waals surface area contributed by atoms with Crippen LogP contribution in [0.2, 0.25) is 0 Å². The van der Waals surface area contributed by atoms with E-state index in [1.807, 2.05) is 0 Å². The summed E-state index contributed by atoms with van der Waals surface area (Å²) in [4.78, 5) is 10.2. The van der Waals surface area contributed by atoms with Crippen LogP contribution in [0.3, 0.4) is 0 Å². The van der Waals surface area contributed by atoms with E-state index in [-0.39, 0.29) is 4.90 Å². The van der Waals surface area contributed by atoms with Crippen molar-refractivity contribution in [3.8, 4) is 0 Å². The molecule has 1 rings (SSSR count). The summed E-state index contributed by atoms with van der Waals surface area (Å²) in [6.07, 6.45) is 2.32. The molecule has 0 aliphatic heterocycles. The normalized spacial score (nSPS) is 11.8. The number of rotatable bonds is 3. The van der Waals surface area contributed by atoms with Crippen molar-refractivity contribution in [2.75, 3.05) is 0 Å². The van der Waals surface area contributed by atoms with Gasteiger partial charge in [0.05, 0.1) is 4.90 Å². The fourth-order valence-corrected chi connectivity index (χ4v) is 1.45. The predicted molar refractivity (Wildman–Crippen MR) is 54.5 cm³/mol. The van der Waals surface area contributed by atoms with Crippen LogP contribution >= 0.6 is 0 Å². The van der Waals surface area contributed by atoms with E-state index in [9.17, 15) is 13.2 Å². The van der Waals surface area contributed by atoms with Gasteiger partial charge in [-0.05, 0) is 23.8 Å². The molecule has 15 heavy (non-hydrogen) atoms. The first-order valence-electron chi connectivity index (χ1n) is 3.93. The van der Waals surface area contributed by atoms with E-state index < -0.39 is 16.0 Å². The van der Waals surface area contributed by atoms with Gasteiger partial charge in [0.2, 0.25) is 10.0 Å². The van der Waals surface area contributed by atoms with Gasteiger partial charge in [-0.15, -0.1) is 0 Å². The zero-order chi connectivity index (χ0) is 11.5. The van der Waals surface area contributed by atoms with E-state index in [1.54, 1.807) is 0 Å². The van der Waals surface area contributed by atoms with E-state index >= 15 is 0 Å². The van der Waals surface area contributed by atoms with Gasteiger partial charge in [0.1, 0.15) is 0 Å². The number of carboxylic acid groups (broad SMARTS) is 1. The van der Waals surface area contributed by atoms with Crippen LogP contribution in [0.1, 0.15) is 5.56 Å². The first kappa shape index (κ1) is 11.4. The van der Waals surface area contributed by atoms with E-state index in [0.717, 1.165) is 6.08 Å².